The Morgan fingerprint density at radius 3 is 2.76 bits per heavy atom. The van der Waals surface area contributed by atoms with E-state index >= 15 is 0 Å². The van der Waals surface area contributed by atoms with Crippen LogP contribution >= 0.6 is 0 Å². The van der Waals surface area contributed by atoms with Crippen molar-refractivity contribution in [2.45, 2.75) is 44.7 Å². The van der Waals surface area contributed by atoms with Gasteiger partial charge in [0.15, 0.2) is 0 Å². The van der Waals surface area contributed by atoms with Gasteiger partial charge in [0.1, 0.15) is 12.0 Å². The Bertz CT molecular complexity index is 480. The highest BCUT2D eigenvalue weighted by Crippen LogP contribution is 2.23. The van der Waals surface area contributed by atoms with Gasteiger partial charge in [0, 0.05) is 19.1 Å². The first-order valence-electron chi connectivity index (χ1n) is 8.08. The van der Waals surface area contributed by atoms with Gasteiger partial charge in [-0.15, -0.1) is 0 Å². The van der Waals surface area contributed by atoms with Gasteiger partial charge in [0.05, 0.1) is 12.1 Å². The average Bonchev–Trinajstić information content (AvgIpc) is 3.16. The van der Waals surface area contributed by atoms with E-state index < -0.39 is 0 Å². The Morgan fingerprint density at radius 1 is 1.24 bits per heavy atom. The molecule has 2 saturated heterocycles. The normalized spacial score (nSPS) is 23.7. The van der Waals surface area contributed by atoms with E-state index in [1.54, 1.807) is 12.3 Å². The summed E-state index contributed by atoms with van der Waals surface area (Å²) in [6, 6.07) is 2.13. The molecule has 0 saturated carbocycles. The number of carbonyl (C=O) groups excluding carboxylic acids is 1. The predicted molar refractivity (Wildman–Crippen MR) is 80.9 cm³/mol. The molecule has 2 N–H and O–H groups in total. The maximum Gasteiger partial charge on any atom is 0.257 e. The fraction of sp³-hybridized carbons (Fsp3) is 0.688. The summed E-state index contributed by atoms with van der Waals surface area (Å²) >= 11 is 0. The van der Waals surface area contributed by atoms with Crippen molar-refractivity contribution in [3.63, 3.8) is 0 Å². The van der Waals surface area contributed by atoms with Crippen molar-refractivity contribution < 1.29 is 9.21 Å². The summed E-state index contributed by atoms with van der Waals surface area (Å²) in [6.07, 6.45) is 7.70. The maximum absolute atomic E-state index is 12.6. The number of rotatable bonds is 4. The van der Waals surface area contributed by atoms with Gasteiger partial charge >= 0.3 is 0 Å². The summed E-state index contributed by atoms with van der Waals surface area (Å²) in [7, 11) is 0. The second-order valence-electron chi connectivity index (χ2n) is 6.16. The van der Waals surface area contributed by atoms with Crippen molar-refractivity contribution in [1.29, 1.82) is 0 Å². The van der Waals surface area contributed by atoms with Gasteiger partial charge in [-0.25, -0.2) is 0 Å². The van der Waals surface area contributed by atoms with Crippen molar-refractivity contribution in [3.8, 4) is 0 Å². The van der Waals surface area contributed by atoms with Gasteiger partial charge in [-0.3, -0.25) is 4.79 Å². The lowest BCUT2D eigenvalue weighted by Gasteiger charge is -2.32. The highest BCUT2D eigenvalue weighted by molar-refractivity contribution is 5.94. The van der Waals surface area contributed by atoms with Crippen LogP contribution in [0.15, 0.2) is 16.7 Å². The first-order chi connectivity index (χ1) is 10.3. The summed E-state index contributed by atoms with van der Waals surface area (Å²) in [6.45, 7) is 4.58. The zero-order valence-electron chi connectivity index (χ0n) is 12.6. The predicted octanol–water partition coefficient (Wildman–Crippen LogP) is 1.83. The average molecular weight is 291 g/mol. The van der Waals surface area contributed by atoms with Crippen molar-refractivity contribution in [3.05, 3.63) is 23.7 Å². The minimum Gasteiger partial charge on any atom is -0.467 e. The zero-order valence-corrected chi connectivity index (χ0v) is 12.6. The molecule has 2 aliphatic rings. The number of hydrogen-bond donors (Lipinski definition) is 1. The Balaban J connectivity index is 1.63. The third-order valence-electron chi connectivity index (χ3n) is 4.66. The van der Waals surface area contributed by atoms with Crippen LogP contribution in [0.1, 0.15) is 48.2 Å². The van der Waals surface area contributed by atoms with Crippen LogP contribution in [0.25, 0.3) is 0 Å². The topological polar surface area (TPSA) is 62.7 Å². The molecule has 3 heterocycles. The molecule has 5 nitrogen and oxygen atoms in total. The number of nitrogens with zero attached hydrogens (tertiary/aromatic N) is 2. The molecule has 1 aromatic rings. The van der Waals surface area contributed by atoms with Crippen LogP contribution in [-0.4, -0.2) is 47.9 Å². The van der Waals surface area contributed by atoms with Crippen molar-refractivity contribution in [1.82, 2.24) is 9.80 Å². The first-order valence-corrected chi connectivity index (χ1v) is 8.08. The number of carbonyl (C=O) groups is 1. The van der Waals surface area contributed by atoms with E-state index in [-0.39, 0.29) is 5.91 Å². The van der Waals surface area contributed by atoms with Gasteiger partial charge in [0.2, 0.25) is 0 Å². The molecule has 1 aromatic heterocycles. The minimum atomic E-state index is 0.0953. The Kier molecular flexibility index (Phi) is 4.60. The Labute approximate surface area is 126 Å². The van der Waals surface area contributed by atoms with E-state index in [1.165, 1.54) is 32.4 Å². The molecule has 0 spiro atoms. The quantitative estimate of drug-likeness (QED) is 0.919. The van der Waals surface area contributed by atoms with Crippen LogP contribution in [0.5, 0.6) is 0 Å². The van der Waals surface area contributed by atoms with E-state index in [1.807, 2.05) is 4.90 Å². The van der Waals surface area contributed by atoms with Gasteiger partial charge in [0.25, 0.3) is 5.91 Å². The lowest BCUT2D eigenvalue weighted by molar-refractivity contribution is 0.0689. The summed E-state index contributed by atoms with van der Waals surface area (Å²) in [5.74, 6) is 0.767. The fourth-order valence-electron chi connectivity index (χ4n) is 3.50. The summed E-state index contributed by atoms with van der Waals surface area (Å²) in [4.78, 5) is 17.2. The summed E-state index contributed by atoms with van der Waals surface area (Å²) < 4.78 is 5.30. The number of hydrogen-bond acceptors (Lipinski definition) is 4. The zero-order chi connectivity index (χ0) is 14.7. The first kappa shape index (κ1) is 14.6. The highest BCUT2D eigenvalue weighted by atomic mass is 16.3. The van der Waals surface area contributed by atoms with E-state index in [4.69, 9.17) is 10.2 Å². The summed E-state index contributed by atoms with van der Waals surface area (Å²) in [5.41, 5.74) is 6.18. The summed E-state index contributed by atoms with van der Waals surface area (Å²) in [5, 5.41) is 0. The number of furan rings is 1. The molecule has 116 valence electrons. The molecule has 1 unspecified atom stereocenters. The van der Waals surface area contributed by atoms with Crippen LogP contribution < -0.4 is 5.73 Å². The van der Waals surface area contributed by atoms with Gasteiger partial charge in [-0.1, -0.05) is 6.42 Å². The molecule has 21 heavy (non-hydrogen) atoms. The van der Waals surface area contributed by atoms with E-state index in [0.717, 1.165) is 25.9 Å². The molecule has 0 bridgehead atoms. The molecule has 0 aromatic carbocycles. The second-order valence-corrected chi connectivity index (χ2v) is 6.16. The Morgan fingerprint density at radius 2 is 2.05 bits per heavy atom. The van der Waals surface area contributed by atoms with E-state index in [9.17, 15) is 4.79 Å². The molecule has 2 fully saturated rings. The molecule has 3 rings (SSSR count). The maximum atomic E-state index is 12.6. The van der Waals surface area contributed by atoms with Crippen LogP contribution in [0.2, 0.25) is 0 Å². The third-order valence-corrected chi connectivity index (χ3v) is 4.66. The largest absolute Gasteiger partial charge is 0.467 e. The number of likely N-dealkylation sites (tertiary alicyclic amines) is 2. The van der Waals surface area contributed by atoms with Crippen LogP contribution in [0.3, 0.4) is 0 Å². The number of amides is 1. The molecule has 0 aliphatic carbocycles. The molecular weight excluding hydrogens is 266 g/mol. The molecule has 1 atom stereocenters. The number of piperidine rings is 1. The smallest absolute Gasteiger partial charge is 0.257 e. The molecule has 5 heteroatoms. The molecule has 1 amide bonds. The van der Waals surface area contributed by atoms with Gasteiger partial charge in [-0.2, -0.15) is 0 Å². The number of nitrogens with two attached hydrogens (primary N) is 1. The van der Waals surface area contributed by atoms with Crippen molar-refractivity contribution in [2.75, 3.05) is 26.2 Å². The molecule has 0 radical (unpaired) electrons. The van der Waals surface area contributed by atoms with Gasteiger partial charge < -0.3 is 20.0 Å². The van der Waals surface area contributed by atoms with E-state index in [2.05, 4.69) is 4.90 Å². The minimum absolute atomic E-state index is 0.0953. The highest BCUT2D eigenvalue weighted by Gasteiger charge is 2.31. The molecular formula is C16H25N3O2. The van der Waals surface area contributed by atoms with Gasteiger partial charge in [-0.05, 0) is 44.8 Å². The SMILES string of the molecule is NCc1cc(C(=O)N2CCCC2CN2CCCCC2)co1. The van der Waals surface area contributed by atoms with Crippen LogP contribution in [-0.2, 0) is 6.54 Å². The lowest BCUT2D eigenvalue weighted by Crippen LogP contribution is -2.44. The second kappa shape index (κ2) is 6.62. The van der Waals surface area contributed by atoms with Crippen molar-refractivity contribution >= 4 is 5.91 Å². The third kappa shape index (κ3) is 3.30. The lowest BCUT2D eigenvalue weighted by atomic mass is 10.1. The standard InChI is InChI=1S/C16H25N3O2/c17-10-15-9-13(12-21-15)16(20)19-8-4-5-14(19)11-18-6-2-1-3-7-18/h9,12,14H,1-8,10-11,17H2. The Hall–Kier alpha value is -1.33. The van der Waals surface area contributed by atoms with Crippen molar-refractivity contribution in [2.24, 2.45) is 5.73 Å². The van der Waals surface area contributed by atoms with E-state index in [0.29, 0.717) is 23.9 Å². The molecule has 2 aliphatic heterocycles. The fourth-order valence-corrected chi connectivity index (χ4v) is 3.50. The van der Waals surface area contributed by atoms with Crippen LogP contribution in [0, 0.1) is 0 Å². The van der Waals surface area contributed by atoms with Crippen LogP contribution in [0.4, 0.5) is 0 Å². The monoisotopic (exact) mass is 291 g/mol.